The van der Waals surface area contributed by atoms with E-state index in [0.717, 1.165) is 49.6 Å². The van der Waals surface area contributed by atoms with Crippen molar-refractivity contribution < 1.29 is 4.52 Å². The number of hydrogen-bond acceptors (Lipinski definition) is 5. The number of nitrogens with one attached hydrogen (secondary N) is 2. The molecule has 0 amide bonds. The number of nitrogens with zero attached hydrogens (tertiary/aromatic N) is 3. The number of aromatic amines is 1. The van der Waals surface area contributed by atoms with E-state index in [1.165, 1.54) is 5.56 Å². The van der Waals surface area contributed by atoms with Crippen molar-refractivity contribution in [1.29, 1.82) is 0 Å². The summed E-state index contributed by atoms with van der Waals surface area (Å²) >= 11 is 0. The molecule has 4 rings (SSSR count). The summed E-state index contributed by atoms with van der Waals surface area (Å²) in [6, 6.07) is 12.3. The van der Waals surface area contributed by atoms with Crippen LogP contribution in [0.4, 0.5) is 0 Å². The largest absolute Gasteiger partial charge is 0.332 e. The third-order valence-electron chi connectivity index (χ3n) is 4.27. The van der Waals surface area contributed by atoms with Crippen molar-refractivity contribution >= 4 is 12.4 Å². The minimum atomic E-state index is 0. The topological polar surface area (TPSA) is 79.6 Å². The van der Waals surface area contributed by atoms with Crippen LogP contribution in [-0.2, 0) is 12.8 Å². The highest BCUT2D eigenvalue weighted by atomic mass is 35.5. The minimum Gasteiger partial charge on any atom is -0.332 e. The van der Waals surface area contributed by atoms with Crippen LogP contribution in [0.2, 0.25) is 0 Å². The average Bonchev–Trinajstić information content (AvgIpc) is 3.33. The molecule has 1 unspecified atom stereocenters. The van der Waals surface area contributed by atoms with Crippen molar-refractivity contribution in [2.45, 2.75) is 25.2 Å². The second kappa shape index (κ2) is 7.59. The summed E-state index contributed by atoms with van der Waals surface area (Å²) < 4.78 is 5.36. The lowest BCUT2D eigenvalue weighted by atomic mass is 10.1. The van der Waals surface area contributed by atoms with Gasteiger partial charge in [0.25, 0.3) is 5.89 Å². The fourth-order valence-corrected chi connectivity index (χ4v) is 2.94. The quantitative estimate of drug-likeness (QED) is 0.743. The first-order valence-corrected chi connectivity index (χ1v) is 8.01. The van der Waals surface area contributed by atoms with Gasteiger partial charge in [-0.25, -0.2) is 0 Å². The summed E-state index contributed by atoms with van der Waals surface area (Å²) in [6.07, 6.45) is 2.80. The maximum Gasteiger partial charge on any atom is 0.278 e. The third-order valence-corrected chi connectivity index (χ3v) is 4.27. The summed E-state index contributed by atoms with van der Waals surface area (Å²) in [7, 11) is 0. The number of hydrogen-bond donors (Lipinski definition) is 2. The van der Waals surface area contributed by atoms with Gasteiger partial charge in [-0.1, -0.05) is 35.5 Å². The molecule has 126 valence electrons. The Morgan fingerprint density at radius 3 is 2.83 bits per heavy atom. The molecule has 1 saturated heterocycles. The zero-order valence-corrected chi connectivity index (χ0v) is 14.1. The average molecular weight is 346 g/mol. The summed E-state index contributed by atoms with van der Waals surface area (Å²) in [5.41, 5.74) is 3.13. The number of benzene rings is 1. The molecule has 1 aromatic carbocycles. The molecule has 0 spiro atoms. The fraction of sp³-hybridized carbons (Fsp3) is 0.353. The van der Waals surface area contributed by atoms with Crippen LogP contribution in [0.3, 0.4) is 0 Å². The molecule has 0 saturated carbocycles. The van der Waals surface area contributed by atoms with Crippen LogP contribution < -0.4 is 5.32 Å². The molecule has 0 bridgehead atoms. The van der Waals surface area contributed by atoms with Gasteiger partial charge in [-0.2, -0.15) is 10.1 Å². The van der Waals surface area contributed by atoms with Crippen LogP contribution in [0, 0.1) is 0 Å². The molecule has 0 radical (unpaired) electrons. The van der Waals surface area contributed by atoms with Gasteiger partial charge in [0, 0.05) is 24.6 Å². The van der Waals surface area contributed by atoms with Crippen LogP contribution in [-0.4, -0.2) is 33.4 Å². The van der Waals surface area contributed by atoms with Crippen LogP contribution in [0.15, 0.2) is 40.9 Å². The van der Waals surface area contributed by atoms with E-state index in [0.29, 0.717) is 11.8 Å². The predicted molar refractivity (Wildman–Crippen MR) is 93.2 cm³/mol. The van der Waals surface area contributed by atoms with Crippen molar-refractivity contribution in [3.05, 3.63) is 53.5 Å². The van der Waals surface area contributed by atoms with Crippen molar-refractivity contribution in [1.82, 2.24) is 25.7 Å². The molecule has 1 atom stereocenters. The van der Waals surface area contributed by atoms with Crippen LogP contribution in [0.25, 0.3) is 11.6 Å². The molecule has 1 aliphatic rings. The maximum atomic E-state index is 5.36. The Morgan fingerprint density at radius 2 is 2.04 bits per heavy atom. The van der Waals surface area contributed by atoms with E-state index in [4.69, 9.17) is 4.52 Å². The molecule has 1 fully saturated rings. The number of aromatic nitrogens is 4. The Kier molecular flexibility index (Phi) is 5.27. The number of aryl methyl sites for hydroxylation is 2. The molecular formula is C17H20ClN5O. The van der Waals surface area contributed by atoms with Gasteiger partial charge in [-0.15, -0.1) is 12.4 Å². The van der Waals surface area contributed by atoms with E-state index in [1.807, 2.05) is 24.3 Å². The molecule has 2 aromatic heterocycles. The zero-order valence-electron chi connectivity index (χ0n) is 13.2. The standard InChI is InChI=1S/C17H19N5O.ClH/c1-2-4-12(5-3-1)6-7-16-19-17(23-22-16)15-10-14(20-21-15)13-8-9-18-11-13;/h1-5,10,13,18H,6-9,11H2,(H,20,21);1H. The highest BCUT2D eigenvalue weighted by Gasteiger charge is 2.20. The predicted octanol–water partition coefficient (Wildman–Crippen LogP) is 2.74. The van der Waals surface area contributed by atoms with E-state index in [9.17, 15) is 0 Å². The summed E-state index contributed by atoms with van der Waals surface area (Å²) in [5, 5.41) is 14.8. The lowest BCUT2D eigenvalue weighted by Crippen LogP contribution is -2.08. The van der Waals surface area contributed by atoms with Gasteiger partial charge in [0.15, 0.2) is 11.5 Å². The Hall–Kier alpha value is -2.18. The first-order chi connectivity index (χ1) is 11.4. The number of halogens is 1. The zero-order chi connectivity index (χ0) is 15.5. The first kappa shape index (κ1) is 16.7. The number of rotatable bonds is 5. The van der Waals surface area contributed by atoms with E-state index in [-0.39, 0.29) is 12.4 Å². The lowest BCUT2D eigenvalue weighted by molar-refractivity contribution is 0.421. The molecule has 2 N–H and O–H groups in total. The molecule has 6 nitrogen and oxygen atoms in total. The van der Waals surface area contributed by atoms with Gasteiger partial charge in [-0.3, -0.25) is 5.10 Å². The molecule has 7 heteroatoms. The normalized spacial score (nSPS) is 16.9. The van der Waals surface area contributed by atoms with Crippen molar-refractivity contribution in [3.63, 3.8) is 0 Å². The van der Waals surface area contributed by atoms with Crippen LogP contribution in [0.1, 0.15) is 29.4 Å². The minimum absolute atomic E-state index is 0. The Labute approximate surface area is 146 Å². The van der Waals surface area contributed by atoms with E-state index in [1.54, 1.807) is 0 Å². The summed E-state index contributed by atoms with van der Waals surface area (Å²) in [6.45, 7) is 2.05. The van der Waals surface area contributed by atoms with Crippen molar-refractivity contribution in [2.24, 2.45) is 0 Å². The van der Waals surface area contributed by atoms with Gasteiger partial charge in [0.2, 0.25) is 0 Å². The molecular weight excluding hydrogens is 326 g/mol. The summed E-state index contributed by atoms with van der Waals surface area (Å²) in [5.74, 6) is 1.70. The monoisotopic (exact) mass is 345 g/mol. The van der Waals surface area contributed by atoms with Crippen molar-refractivity contribution in [3.8, 4) is 11.6 Å². The van der Waals surface area contributed by atoms with Gasteiger partial charge in [0.1, 0.15) is 0 Å². The smallest absolute Gasteiger partial charge is 0.278 e. The Morgan fingerprint density at radius 1 is 1.17 bits per heavy atom. The second-order valence-corrected chi connectivity index (χ2v) is 5.90. The first-order valence-electron chi connectivity index (χ1n) is 8.01. The summed E-state index contributed by atoms with van der Waals surface area (Å²) in [4.78, 5) is 4.46. The van der Waals surface area contributed by atoms with Crippen molar-refractivity contribution in [2.75, 3.05) is 13.1 Å². The van der Waals surface area contributed by atoms with E-state index < -0.39 is 0 Å². The second-order valence-electron chi connectivity index (χ2n) is 5.90. The lowest BCUT2D eigenvalue weighted by Gasteiger charge is -2.02. The molecule has 24 heavy (non-hydrogen) atoms. The van der Waals surface area contributed by atoms with Gasteiger partial charge in [-0.05, 0) is 31.0 Å². The van der Waals surface area contributed by atoms with Crippen LogP contribution >= 0.6 is 12.4 Å². The molecule has 1 aliphatic heterocycles. The number of H-pyrrole nitrogens is 1. The van der Waals surface area contributed by atoms with Gasteiger partial charge < -0.3 is 9.84 Å². The Bertz CT molecular complexity index is 764. The fourth-order valence-electron chi connectivity index (χ4n) is 2.94. The van der Waals surface area contributed by atoms with Crippen LogP contribution in [0.5, 0.6) is 0 Å². The molecule has 3 heterocycles. The SMILES string of the molecule is Cl.c1ccc(CCc2noc(-c3cc(C4CCNC4)[nH]n3)n2)cc1. The Balaban J connectivity index is 0.00000169. The molecule has 0 aliphatic carbocycles. The van der Waals surface area contributed by atoms with Gasteiger partial charge >= 0.3 is 0 Å². The highest BCUT2D eigenvalue weighted by Crippen LogP contribution is 2.24. The van der Waals surface area contributed by atoms with Gasteiger partial charge in [0.05, 0.1) is 0 Å². The van der Waals surface area contributed by atoms with E-state index >= 15 is 0 Å². The third kappa shape index (κ3) is 3.66. The molecule has 3 aromatic rings. The maximum absolute atomic E-state index is 5.36. The van der Waals surface area contributed by atoms with E-state index in [2.05, 4.69) is 37.8 Å². The highest BCUT2D eigenvalue weighted by molar-refractivity contribution is 5.85.